The van der Waals surface area contributed by atoms with Gasteiger partial charge in [-0.3, -0.25) is 4.79 Å². The van der Waals surface area contributed by atoms with Crippen LogP contribution >= 0.6 is 0 Å². The van der Waals surface area contributed by atoms with Crippen molar-refractivity contribution in [3.63, 3.8) is 0 Å². The Morgan fingerprint density at radius 3 is 2.57 bits per heavy atom. The predicted octanol–water partition coefficient (Wildman–Crippen LogP) is -0.286. The van der Waals surface area contributed by atoms with Gasteiger partial charge < -0.3 is 16.2 Å². The number of amides is 1. The molecule has 2 atom stereocenters. The predicted molar refractivity (Wildman–Crippen MR) is 47.9 cm³/mol. The second-order valence-corrected chi connectivity index (χ2v) is 3.25. The Bertz CT molecular complexity index is 179. The van der Waals surface area contributed by atoms with E-state index in [2.05, 4.69) is 5.32 Å². The average Bonchev–Trinajstić information content (AvgIpc) is 2.13. The van der Waals surface area contributed by atoms with Gasteiger partial charge >= 0.3 is 0 Å². The van der Waals surface area contributed by atoms with Crippen molar-refractivity contribution in [2.75, 3.05) is 13.1 Å². The maximum atomic E-state index is 11.8. The third-order valence-electron chi connectivity index (χ3n) is 1.74. The lowest BCUT2D eigenvalue weighted by molar-refractivity contribution is -0.122. The van der Waals surface area contributed by atoms with Crippen LogP contribution in [0.15, 0.2) is 0 Å². The zero-order chi connectivity index (χ0) is 11.1. The number of rotatable bonds is 6. The molecule has 0 bridgehead atoms. The zero-order valence-electron chi connectivity index (χ0n) is 8.04. The second-order valence-electron chi connectivity index (χ2n) is 3.25. The lowest BCUT2D eigenvalue weighted by atomic mass is 10.1. The number of nitrogens with two attached hydrogens (primary N) is 1. The molecule has 0 radical (unpaired) electrons. The second kappa shape index (κ2) is 6.67. The normalized spacial score (nSPS) is 15.3. The number of aliphatic hydroxyl groups is 1. The Balaban J connectivity index is 3.64. The minimum atomic E-state index is -2.83. The molecule has 14 heavy (non-hydrogen) atoms. The molecule has 0 saturated carbocycles. The number of hydrogen-bond donors (Lipinski definition) is 3. The van der Waals surface area contributed by atoms with E-state index in [0.29, 0.717) is 6.54 Å². The lowest BCUT2D eigenvalue weighted by Gasteiger charge is -2.12. The van der Waals surface area contributed by atoms with Crippen LogP contribution in [0.3, 0.4) is 0 Å². The first-order valence-corrected chi connectivity index (χ1v) is 4.40. The quantitative estimate of drug-likeness (QED) is 0.564. The van der Waals surface area contributed by atoms with Crippen molar-refractivity contribution >= 4 is 5.91 Å². The minimum Gasteiger partial charge on any atom is -0.385 e. The Labute approximate surface area is 81.5 Å². The maximum Gasteiger partial charge on any atom is 0.265 e. The van der Waals surface area contributed by atoms with Crippen molar-refractivity contribution < 1.29 is 18.7 Å². The Hall–Kier alpha value is -0.750. The molecule has 0 aromatic carbocycles. The van der Waals surface area contributed by atoms with E-state index in [1.54, 1.807) is 6.92 Å². The monoisotopic (exact) mass is 210 g/mol. The summed E-state index contributed by atoms with van der Waals surface area (Å²) in [5.74, 6) is -0.360. The number of nitrogens with one attached hydrogen (secondary N) is 1. The summed E-state index contributed by atoms with van der Waals surface area (Å²) >= 11 is 0. The molecular weight excluding hydrogens is 194 g/mol. The SMILES string of the molecule is CC(CN)CC(=O)NCC(O)C(F)F. The molecule has 4 nitrogen and oxygen atoms in total. The van der Waals surface area contributed by atoms with E-state index >= 15 is 0 Å². The molecule has 0 aromatic heterocycles. The van der Waals surface area contributed by atoms with Crippen LogP contribution in [0.5, 0.6) is 0 Å². The van der Waals surface area contributed by atoms with Crippen LogP contribution in [0.2, 0.25) is 0 Å². The summed E-state index contributed by atoms with van der Waals surface area (Å²) in [7, 11) is 0. The molecule has 0 rings (SSSR count). The van der Waals surface area contributed by atoms with Crippen LogP contribution in [0.4, 0.5) is 8.78 Å². The highest BCUT2D eigenvalue weighted by molar-refractivity contribution is 5.76. The number of aliphatic hydroxyl groups excluding tert-OH is 1. The van der Waals surface area contributed by atoms with Crippen molar-refractivity contribution in [2.24, 2.45) is 11.7 Å². The van der Waals surface area contributed by atoms with Gasteiger partial charge in [0.1, 0.15) is 6.10 Å². The van der Waals surface area contributed by atoms with Crippen LogP contribution in [0.1, 0.15) is 13.3 Å². The minimum absolute atomic E-state index is 0.0127. The number of halogens is 2. The number of hydrogen-bond acceptors (Lipinski definition) is 3. The van der Waals surface area contributed by atoms with Gasteiger partial charge in [-0.15, -0.1) is 0 Å². The van der Waals surface area contributed by atoms with Crippen LogP contribution < -0.4 is 11.1 Å². The summed E-state index contributed by atoms with van der Waals surface area (Å²) in [4.78, 5) is 11.0. The van der Waals surface area contributed by atoms with E-state index in [4.69, 9.17) is 10.8 Å². The summed E-state index contributed by atoms with van der Waals surface area (Å²) in [5.41, 5.74) is 5.28. The molecule has 4 N–H and O–H groups in total. The van der Waals surface area contributed by atoms with E-state index in [0.717, 1.165) is 0 Å². The first kappa shape index (κ1) is 13.2. The van der Waals surface area contributed by atoms with Gasteiger partial charge in [-0.2, -0.15) is 0 Å². The number of carbonyl (C=O) groups excluding carboxylic acids is 1. The molecule has 0 heterocycles. The highest BCUT2D eigenvalue weighted by Gasteiger charge is 2.17. The molecule has 0 fully saturated rings. The van der Waals surface area contributed by atoms with Gasteiger partial charge in [0.05, 0.1) is 0 Å². The van der Waals surface area contributed by atoms with Crippen LogP contribution in [-0.2, 0) is 4.79 Å². The van der Waals surface area contributed by atoms with Crippen molar-refractivity contribution in [3.05, 3.63) is 0 Å². The van der Waals surface area contributed by atoms with Crippen LogP contribution in [0, 0.1) is 5.92 Å². The Kier molecular flexibility index (Phi) is 6.31. The van der Waals surface area contributed by atoms with Gasteiger partial charge in [0, 0.05) is 13.0 Å². The average molecular weight is 210 g/mol. The van der Waals surface area contributed by atoms with Crippen molar-refractivity contribution in [1.82, 2.24) is 5.32 Å². The van der Waals surface area contributed by atoms with Crippen molar-refractivity contribution in [2.45, 2.75) is 25.9 Å². The zero-order valence-corrected chi connectivity index (χ0v) is 8.04. The topological polar surface area (TPSA) is 75.4 Å². The molecular formula is C8H16F2N2O2. The molecule has 0 aliphatic rings. The highest BCUT2D eigenvalue weighted by Crippen LogP contribution is 2.00. The fourth-order valence-corrected chi connectivity index (χ4v) is 0.779. The molecule has 1 amide bonds. The molecule has 84 valence electrons. The number of alkyl halides is 2. The maximum absolute atomic E-state index is 11.8. The van der Waals surface area contributed by atoms with E-state index in [-0.39, 0.29) is 18.2 Å². The standard InChI is InChI=1S/C8H16F2N2O2/c1-5(3-11)2-7(14)12-4-6(13)8(9)10/h5-6,8,13H,2-4,11H2,1H3,(H,12,14). The molecule has 0 aromatic rings. The third kappa shape index (κ3) is 5.82. The fourth-order valence-electron chi connectivity index (χ4n) is 0.779. The molecule has 6 heteroatoms. The van der Waals surface area contributed by atoms with Gasteiger partial charge in [-0.1, -0.05) is 6.92 Å². The number of carbonyl (C=O) groups is 1. The summed E-state index contributed by atoms with van der Waals surface area (Å²) in [5, 5.41) is 10.9. The van der Waals surface area contributed by atoms with Crippen molar-refractivity contribution in [1.29, 1.82) is 0 Å². The Morgan fingerprint density at radius 1 is 1.57 bits per heavy atom. The molecule has 0 spiro atoms. The Morgan fingerprint density at radius 2 is 2.14 bits per heavy atom. The highest BCUT2D eigenvalue weighted by atomic mass is 19.3. The summed E-state index contributed by atoms with van der Waals surface area (Å²) in [6.45, 7) is 1.72. The molecule has 0 aliphatic carbocycles. The first-order valence-electron chi connectivity index (χ1n) is 4.40. The lowest BCUT2D eigenvalue weighted by Crippen LogP contribution is -2.36. The van der Waals surface area contributed by atoms with E-state index in [1.165, 1.54) is 0 Å². The fraction of sp³-hybridized carbons (Fsp3) is 0.875. The van der Waals surface area contributed by atoms with E-state index in [9.17, 15) is 13.6 Å². The summed E-state index contributed by atoms with van der Waals surface area (Å²) < 4.78 is 23.6. The van der Waals surface area contributed by atoms with Crippen LogP contribution in [-0.4, -0.2) is 36.6 Å². The van der Waals surface area contributed by atoms with Gasteiger partial charge in [0.25, 0.3) is 6.43 Å². The van der Waals surface area contributed by atoms with Crippen molar-refractivity contribution in [3.8, 4) is 0 Å². The summed E-state index contributed by atoms with van der Waals surface area (Å²) in [6.07, 6.45) is -4.44. The van der Waals surface area contributed by atoms with Gasteiger partial charge in [-0.05, 0) is 12.5 Å². The van der Waals surface area contributed by atoms with E-state index in [1.807, 2.05) is 0 Å². The molecule has 2 unspecified atom stereocenters. The summed E-state index contributed by atoms with van der Waals surface area (Å²) in [6, 6.07) is 0. The van der Waals surface area contributed by atoms with Crippen LogP contribution in [0.25, 0.3) is 0 Å². The molecule has 0 aliphatic heterocycles. The molecule has 0 saturated heterocycles. The largest absolute Gasteiger partial charge is 0.385 e. The first-order chi connectivity index (χ1) is 6.47. The third-order valence-corrected chi connectivity index (χ3v) is 1.74. The van der Waals surface area contributed by atoms with E-state index < -0.39 is 19.1 Å². The van der Waals surface area contributed by atoms with Gasteiger partial charge in [-0.25, -0.2) is 8.78 Å². The van der Waals surface area contributed by atoms with Gasteiger partial charge in [0.2, 0.25) is 5.91 Å². The smallest absolute Gasteiger partial charge is 0.265 e. The van der Waals surface area contributed by atoms with Gasteiger partial charge in [0.15, 0.2) is 0 Å².